The van der Waals surface area contributed by atoms with Crippen molar-refractivity contribution >= 4 is 17.4 Å². The molecular weight excluding hydrogens is 172 g/mol. The van der Waals surface area contributed by atoms with Gasteiger partial charge in [0, 0.05) is 17.0 Å². The number of allylic oxidation sites excluding steroid dienone is 4. The minimum absolute atomic E-state index is 0.0254. The van der Waals surface area contributed by atoms with E-state index in [2.05, 4.69) is 13.2 Å². The molecule has 0 radical (unpaired) electrons. The number of hydrogen-bond donors (Lipinski definition) is 0. The summed E-state index contributed by atoms with van der Waals surface area (Å²) >= 11 is 5.62. The number of carbonyl (C=O) groups excluding carboxylic acids is 1. The van der Waals surface area contributed by atoms with Gasteiger partial charge < -0.3 is 0 Å². The fourth-order valence-corrected chi connectivity index (χ4v) is 0.983. The van der Waals surface area contributed by atoms with Gasteiger partial charge in [-0.3, -0.25) is 4.79 Å². The standard InChI is InChI=1S/C10H13ClO/c1-4-6-9(8(3)11)10(12)7-5-2/h4,6H,1,3,5,7H2,2H3/b9-6+. The van der Waals surface area contributed by atoms with Gasteiger partial charge in [-0.15, -0.1) is 0 Å². The fraction of sp³-hybridized carbons (Fsp3) is 0.300. The van der Waals surface area contributed by atoms with Crippen LogP contribution in [0.5, 0.6) is 0 Å². The van der Waals surface area contributed by atoms with Crippen LogP contribution in [0.25, 0.3) is 0 Å². The molecule has 2 heteroatoms. The van der Waals surface area contributed by atoms with Crippen LogP contribution in [-0.4, -0.2) is 5.78 Å². The van der Waals surface area contributed by atoms with Crippen molar-refractivity contribution in [2.24, 2.45) is 0 Å². The molecule has 0 saturated heterocycles. The van der Waals surface area contributed by atoms with Gasteiger partial charge in [0.05, 0.1) is 0 Å². The van der Waals surface area contributed by atoms with Gasteiger partial charge in [0.1, 0.15) is 0 Å². The van der Waals surface area contributed by atoms with Gasteiger partial charge in [-0.05, 0) is 6.42 Å². The Balaban J connectivity index is 4.52. The molecule has 0 N–H and O–H groups in total. The second kappa shape index (κ2) is 5.78. The number of halogens is 1. The van der Waals surface area contributed by atoms with Crippen molar-refractivity contribution in [2.75, 3.05) is 0 Å². The van der Waals surface area contributed by atoms with Gasteiger partial charge in [0.25, 0.3) is 0 Å². The zero-order valence-corrected chi connectivity index (χ0v) is 8.03. The molecule has 12 heavy (non-hydrogen) atoms. The Morgan fingerprint density at radius 3 is 2.50 bits per heavy atom. The van der Waals surface area contributed by atoms with Crippen molar-refractivity contribution in [3.05, 3.63) is 35.9 Å². The van der Waals surface area contributed by atoms with E-state index in [-0.39, 0.29) is 10.8 Å². The van der Waals surface area contributed by atoms with Crippen LogP contribution in [-0.2, 0) is 4.79 Å². The second-order valence-corrected chi connectivity index (χ2v) is 2.85. The molecule has 0 unspecified atom stereocenters. The Labute approximate surface area is 78.4 Å². The fourth-order valence-electron chi connectivity index (χ4n) is 0.814. The molecule has 0 aliphatic rings. The maximum absolute atomic E-state index is 11.3. The zero-order chi connectivity index (χ0) is 9.56. The summed E-state index contributed by atoms with van der Waals surface area (Å²) in [5, 5.41) is 0.286. The Hall–Kier alpha value is -0.820. The molecule has 0 aromatic rings. The number of Topliss-reactive ketones (excluding diaryl/α,β-unsaturated/α-hetero) is 1. The highest BCUT2D eigenvalue weighted by Gasteiger charge is 2.08. The van der Waals surface area contributed by atoms with Crippen LogP contribution in [0.3, 0.4) is 0 Å². The Morgan fingerprint density at radius 1 is 1.58 bits per heavy atom. The molecule has 0 atom stereocenters. The lowest BCUT2D eigenvalue weighted by molar-refractivity contribution is -0.115. The lowest BCUT2D eigenvalue weighted by Crippen LogP contribution is -2.01. The van der Waals surface area contributed by atoms with Crippen molar-refractivity contribution in [2.45, 2.75) is 19.8 Å². The lowest BCUT2D eigenvalue weighted by atomic mass is 10.1. The molecule has 0 fully saturated rings. The van der Waals surface area contributed by atoms with E-state index in [4.69, 9.17) is 11.6 Å². The molecular formula is C10H13ClO. The van der Waals surface area contributed by atoms with Gasteiger partial charge >= 0.3 is 0 Å². The van der Waals surface area contributed by atoms with Crippen LogP contribution in [0, 0.1) is 0 Å². The minimum Gasteiger partial charge on any atom is -0.294 e. The summed E-state index contributed by atoms with van der Waals surface area (Å²) in [6.45, 7) is 8.95. The third-order valence-electron chi connectivity index (χ3n) is 1.35. The Kier molecular flexibility index (Phi) is 5.39. The average molecular weight is 185 g/mol. The van der Waals surface area contributed by atoms with Gasteiger partial charge in [0.2, 0.25) is 0 Å². The van der Waals surface area contributed by atoms with E-state index < -0.39 is 0 Å². The summed E-state index contributed by atoms with van der Waals surface area (Å²) in [5.41, 5.74) is 0.466. The topological polar surface area (TPSA) is 17.1 Å². The molecule has 0 bridgehead atoms. The highest BCUT2D eigenvalue weighted by atomic mass is 35.5. The van der Waals surface area contributed by atoms with Crippen LogP contribution in [0.15, 0.2) is 35.9 Å². The van der Waals surface area contributed by atoms with Crippen molar-refractivity contribution in [1.29, 1.82) is 0 Å². The highest BCUT2D eigenvalue weighted by Crippen LogP contribution is 2.15. The molecule has 0 aliphatic carbocycles. The number of rotatable bonds is 5. The summed E-state index contributed by atoms with van der Waals surface area (Å²) in [5.74, 6) is 0.0254. The third kappa shape index (κ3) is 3.54. The predicted molar refractivity (Wildman–Crippen MR) is 53.2 cm³/mol. The van der Waals surface area contributed by atoms with Gasteiger partial charge in [-0.2, -0.15) is 0 Å². The maximum atomic E-state index is 11.3. The average Bonchev–Trinajstić information content (AvgIpc) is 1.99. The number of carbonyl (C=O) groups is 1. The molecule has 0 aromatic carbocycles. The van der Waals surface area contributed by atoms with E-state index in [1.807, 2.05) is 6.92 Å². The quantitative estimate of drug-likeness (QED) is 0.474. The number of hydrogen-bond acceptors (Lipinski definition) is 1. The van der Waals surface area contributed by atoms with Gasteiger partial charge in [0.15, 0.2) is 5.78 Å². The monoisotopic (exact) mass is 184 g/mol. The minimum atomic E-state index is 0.0254. The normalized spacial score (nSPS) is 11.0. The Morgan fingerprint density at radius 2 is 2.17 bits per heavy atom. The molecule has 0 saturated carbocycles. The summed E-state index contributed by atoms with van der Waals surface area (Å²) in [4.78, 5) is 11.3. The molecule has 66 valence electrons. The first kappa shape index (κ1) is 11.2. The first-order valence-corrected chi connectivity index (χ1v) is 4.22. The van der Waals surface area contributed by atoms with Crippen molar-refractivity contribution in [3.63, 3.8) is 0 Å². The molecule has 0 heterocycles. The molecule has 0 spiro atoms. The van der Waals surface area contributed by atoms with E-state index in [9.17, 15) is 4.79 Å². The van der Waals surface area contributed by atoms with E-state index in [0.717, 1.165) is 6.42 Å². The van der Waals surface area contributed by atoms with E-state index in [0.29, 0.717) is 12.0 Å². The predicted octanol–water partition coefficient (Wildman–Crippen LogP) is 3.22. The second-order valence-electron chi connectivity index (χ2n) is 2.39. The van der Waals surface area contributed by atoms with E-state index in [1.54, 1.807) is 6.08 Å². The van der Waals surface area contributed by atoms with Crippen LogP contribution in [0.1, 0.15) is 19.8 Å². The van der Waals surface area contributed by atoms with Crippen LogP contribution in [0.2, 0.25) is 0 Å². The molecule has 0 amide bonds. The smallest absolute Gasteiger partial charge is 0.164 e. The summed E-state index contributed by atoms with van der Waals surface area (Å²) in [7, 11) is 0. The lowest BCUT2D eigenvalue weighted by Gasteiger charge is -2.01. The van der Waals surface area contributed by atoms with Crippen molar-refractivity contribution in [3.8, 4) is 0 Å². The molecule has 0 aliphatic heterocycles. The first-order chi connectivity index (χ1) is 5.63. The van der Waals surface area contributed by atoms with Crippen LogP contribution < -0.4 is 0 Å². The Bertz CT molecular complexity index is 226. The molecule has 0 rings (SSSR count). The summed E-state index contributed by atoms with van der Waals surface area (Å²) in [6, 6.07) is 0. The zero-order valence-electron chi connectivity index (χ0n) is 7.27. The third-order valence-corrected chi connectivity index (χ3v) is 1.56. The van der Waals surface area contributed by atoms with Crippen molar-refractivity contribution < 1.29 is 4.79 Å². The summed E-state index contributed by atoms with van der Waals surface area (Å²) < 4.78 is 0. The maximum Gasteiger partial charge on any atom is 0.164 e. The van der Waals surface area contributed by atoms with E-state index >= 15 is 0 Å². The first-order valence-electron chi connectivity index (χ1n) is 3.84. The largest absolute Gasteiger partial charge is 0.294 e. The van der Waals surface area contributed by atoms with Gasteiger partial charge in [-0.25, -0.2) is 0 Å². The summed E-state index contributed by atoms with van der Waals surface area (Å²) in [6.07, 6.45) is 4.45. The van der Waals surface area contributed by atoms with Gasteiger partial charge in [-0.1, -0.05) is 43.8 Å². The number of ketones is 1. The molecule has 1 nitrogen and oxygen atoms in total. The van der Waals surface area contributed by atoms with Crippen LogP contribution >= 0.6 is 11.6 Å². The van der Waals surface area contributed by atoms with E-state index in [1.165, 1.54) is 6.08 Å². The SMILES string of the molecule is C=C/C=C(\C(=C)Cl)C(=O)CCC. The molecule has 0 aromatic heterocycles. The van der Waals surface area contributed by atoms with Crippen molar-refractivity contribution in [1.82, 2.24) is 0 Å². The van der Waals surface area contributed by atoms with Crippen LogP contribution in [0.4, 0.5) is 0 Å². The highest BCUT2D eigenvalue weighted by molar-refractivity contribution is 6.35.